The number of nitrogens with one attached hydrogen (secondary N) is 1. The highest BCUT2D eigenvalue weighted by molar-refractivity contribution is 6.36. The minimum atomic E-state index is -0.467. The number of fused-ring (bicyclic) bond motifs is 1. The summed E-state index contributed by atoms with van der Waals surface area (Å²) < 4.78 is 6.13. The van der Waals surface area contributed by atoms with Crippen molar-refractivity contribution in [3.63, 3.8) is 0 Å². The van der Waals surface area contributed by atoms with E-state index in [4.69, 9.17) is 27.9 Å². The van der Waals surface area contributed by atoms with Crippen LogP contribution in [0.15, 0.2) is 67.4 Å². The summed E-state index contributed by atoms with van der Waals surface area (Å²) in [5.41, 5.74) is 2.41. The van der Waals surface area contributed by atoms with Crippen LogP contribution < -0.4 is 5.32 Å². The fourth-order valence-electron chi connectivity index (χ4n) is 4.23. The molecule has 2 heterocycles. The van der Waals surface area contributed by atoms with Gasteiger partial charge in [-0.1, -0.05) is 60.5 Å². The highest BCUT2D eigenvalue weighted by Crippen LogP contribution is 2.36. The smallest absolute Gasteiger partial charge is 0.311 e. The van der Waals surface area contributed by atoms with E-state index in [1.54, 1.807) is 24.4 Å². The summed E-state index contributed by atoms with van der Waals surface area (Å²) in [6.07, 6.45) is 5.12. The van der Waals surface area contributed by atoms with E-state index in [-0.39, 0.29) is 23.8 Å². The van der Waals surface area contributed by atoms with Crippen molar-refractivity contribution in [2.75, 3.05) is 6.54 Å². The second kappa shape index (κ2) is 9.62. The van der Waals surface area contributed by atoms with E-state index >= 15 is 0 Å². The molecule has 3 atom stereocenters. The molecule has 1 N–H and O–H groups in total. The van der Waals surface area contributed by atoms with Crippen molar-refractivity contribution < 1.29 is 9.53 Å². The van der Waals surface area contributed by atoms with E-state index < -0.39 is 6.10 Å². The van der Waals surface area contributed by atoms with Crippen molar-refractivity contribution in [2.45, 2.75) is 38.3 Å². The number of benzene rings is 2. The molecule has 0 radical (unpaired) electrons. The number of piperidine rings is 1. The predicted octanol–water partition coefficient (Wildman–Crippen LogP) is 6.31. The fourth-order valence-corrected chi connectivity index (χ4v) is 4.76. The number of carbonyl (C=O) groups excluding carboxylic acids is 1. The molecule has 6 heteroatoms. The first-order valence-electron chi connectivity index (χ1n) is 10.7. The molecule has 0 aliphatic carbocycles. The zero-order chi connectivity index (χ0) is 22.7. The van der Waals surface area contributed by atoms with Crippen LogP contribution in [0.1, 0.15) is 37.0 Å². The monoisotopic (exact) mass is 468 g/mol. The molecule has 2 aromatic carbocycles. The third-order valence-corrected chi connectivity index (χ3v) is 6.99. The molecule has 1 aromatic heterocycles. The van der Waals surface area contributed by atoms with Crippen LogP contribution >= 0.6 is 23.2 Å². The molecule has 1 aliphatic heterocycles. The lowest BCUT2D eigenvalue weighted by Gasteiger charge is -2.39. The van der Waals surface area contributed by atoms with Crippen LogP contribution in [0, 0.1) is 5.41 Å². The lowest BCUT2D eigenvalue weighted by Crippen LogP contribution is -2.47. The van der Waals surface area contributed by atoms with Crippen LogP contribution in [-0.4, -0.2) is 23.5 Å². The molecular formula is C26H26Cl2N2O2. The topological polar surface area (TPSA) is 51.2 Å². The van der Waals surface area contributed by atoms with Crippen LogP contribution in [0.2, 0.25) is 10.0 Å². The standard InChI is InChI=1S/C26H26Cl2N2O2/c1-3-26(2)13-11-23(30-16-26)25(18-12-14-29-22-10-5-4-7-17(18)22)32-24(31)15-19-20(27)8-6-9-21(19)28/h3-10,12,14,23,25,30H,1,11,13,15-16H2,2H3/t23-,25+,26+/m1/s1. The van der Waals surface area contributed by atoms with Gasteiger partial charge in [-0.15, -0.1) is 6.58 Å². The van der Waals surface area contributed by atoms with Crippen LogP contribution in [0.4, 0.5) is 0 Å². The normalized spacial score (nSPS) is 21.8. The van der Waals surface area contributed by atoms with E-state index in [1.807, 2.05) is 36.4 Å². The predicted molar refractivity (Wildman–Crippen MR) is 130 cm³/mol. The molecule has 32 heavy (non-hydrogen) atoms. The Bertz CT molecular complexity index is 1110. The zero-order valence-corrected chi connectivity index (χ0v) is 19.5. The maximum Gasteiger partial charge on any atom is 0.311 e. The summed E-state index contributed by atoms with van der Waals surface area (Å²) in [6, 6.07) is 15.0. The van der Waals surface area contributed by atoms with Gasteiger partial charge in [0.1, 0.15) is 6.10 Å². The van der Waals surface area contributed by atoms with Gasteiger partial charge in [0, 0.05) is 45.3 Å². The first-order valence-corrected chi connectivity index (χ1v) is 11.5. The third-order valence-electron chi connectivity index (χ3n) is 6.28. The number of esters is 1. The van der Waals surface area contributed by atoms with Crippen molar-refractivity contribution in [3.05, 3.63) is 88.6 Å². The second-order valence-corrected chi connectivity index (χ2v) is 9.40. The third kappa shape index (κ3) is 4.83. The van der Waals surface area contributed by atoms with E-state index in [0.29, 0.717) is 15.6 Å². The number of pyridine rings is 1. The molecule has 0 unspecified atom stereocenters. The van der Waals surface area contributed by atoms with Gasteiger partial charge < -0.3 is 10.1 Å². The van der Waals surface area contributed by atoms with E-state index in [9.17, 15) is 4.79 Å². The van der Waals surface area contributed by atoms with Gasteiger partial charge >= 0.3 is 5.97 Å². The minimum absolute atomic E-state index is 0.00904. The maximum atomic E-state index is 13.1. The lowest BCUT2D eigenvalue weighted by atomic mass is 9.79. The highest BCUT2D eigenvalue weighted by atomic mass is 35.5. The SMILES string of the molecule is C=C[C@@]1(C)CC[C@H]([C@@H](OC(=O)Cc2c(Cl)cccc2Cl)c2ccnc3ccccc23)NC1. The van der Waals surface area contributed by atoms with Crippen molar-refractivity contribution in [2.24, 2.45) is 5.41 Å². The number of ether oxygens (including phenoxy) is 1. The number of nitrogens with zero attached hydrogens (tertiary/aromatic N) is 1. The molecule has 1 fully saturated rings. The fraction of sp³-hybridized carbons (Fsp3) is 0.308. The number of rotatable bonds is 6. The van der Waals surface area contributed by atoms with Gasteiger partial charge in [-0.05, 0) is 42.5 Å². The molecule has 1 aliphatic rings. The van der Waals surface area contributed by atoms with Crippen molar-refractivity contribution in [1.82, 2.24) is 10.3 Å². The molecule has 0 bridgehead atoms. The summed E-state index contributed by atoms with van der Waals surface area (Å²) >= 11 is 12.6. The molecule has 4 rings (SSSR count). The summed E-state index contributed by atoms with van der Waals surface area (Å²) in [5.74, 6) is -0.371. The summed E-state index contributed by atoms with van der Waals surface area (Å²) in [7, 11) is 0. The molecule has 1 saturated heterocycles. The molecule has 0 spiro atoms. The highest BCUT2D eigenvalue weighted by Gasteiger charge is 2.35. The van der Waals surface area contributed by atoms with Gasteiger partial charge in [-0.3, -0.25) is 9.78 Å². The Hall–Kier alpha value is -2.40. The number of para-hydroxylation sites is 1. The van der Waals surface area contributed by atoms with Gasteiger partial charge in [-0.25, -0.2) is 0 Å². The van der Waals surface area contributed by atoms with Crippen LogP contribution in [0.3, 0.4) is 0 Å². The zero-order valence-electron chi connectivity index (χ0n) is 18.0. The Morgan fingerprint density at radius 1 is 1.25 bits per heavy atom. The average Bonchev–Trinajstić information content (AvgIpc) is 2.80. The molecule has 3 aromatic rings. The van der Waals surface area contributed by atoms with Crippen molar-refractivity contribution >= 4 is 40.1 Å². The Labute approximate surface area is 198 Å². The van der Waals surface area contributed by atoms with Crippen LogP contribution in [-0.2, 0) is 16.0 Å². The number of carbonyl (C=O) groups is 1. The second-order valence-electron chi connectivity index (χ2n) is 8.59. The largest absolute Gasteiger partial charge is 0.456 e. The number of hydrogen-bond acceptors (Lipinski definition) is 4. The molecule has 166 valence electrons. The molecule has 0 amide bonds. The number of aromatic nitrogens is 1. The molecule has 4 nitrogen and oxygen atoms in total. The Balaban J connectivity index is 1.65. The van der Waals surface area contributed by atoms with Crippen molar-refractivity contribution in [3.8, 4) is 0 Å². The van der Waals surface area contributed by atoms with Gasteiger partial charge in [0.15, 0.2) is 0 Å². The number of halogens is 2. The first-order chi connectivity index (χ1) is 15.4. The van der Waals surface area contributed by atoms with Crippen LogP contribution in [0.5, 0.6) is 0 Å². The molecular weight excluding hydrogens is 443 g/mol. The first kappa shape index (κ1) is 22.8. The van der Waals surface area contributed by atoms with E-state index in [0.717, 1.165) is 35.9 Å². The number of hydrogen-bond donors (Lipinski definition) is 1. The Morgan fingerprint density at radius 2 is 2.00 bits per heavy atom. The minimum Gasteiger partial charge on any atom is -0.456 e. The quantitative estimate of drug-likeness (QED) is 0.340. The lowest BCUT2D eigenvalue weighted by molar-refractivity contribution is -0.150. The Kier molecular flexibility index (Phi) is 6.85. The van der Waals surface area contributed by atoms with Gasteiger partial charge in [-0.2, -0.15) is 0 Å². The Morgan fingerprint density at radius 3 is 2.69 bits per heavy atom. The van der Waals surface area contributed by atoms with E-state index in [1.165, 1.54) is 0 Å². The summed E-state index contributed by atoms with van der Waals surface area (Å²) in [5, 5.41) is 5.48. The summed E-state index contributed by atoms with van der Waals surface area (Å²) in [6.45, 7) is 6.94. The summed E-state index contributed by atoms with van der Waals surface area (Å²) in [4.78, 5) is 17.5. The van der Waals surface area contributed by atoms with Gasteiger partial charge in [0.25, 0.3) is 0 Å². The van der Waals surface area contributed by atoms with Gasteiger partial charge in [0.2, 0.25) is 0 Å². The molecule has 0 saturated carbocycles. The maximum absolute atomic E-state index is 13.1. The van der Waals surface area contributed by atoms with Crippen LogP contribution in [0.25, 0.3) is 10.9 Å². The van der Waals surface area contributed by atoms with E-state index in [2.05, 4.69) is 23.8 Å². The van der Waals surface area contributed by atoms with Gasteiger partial charge in [0.05, 0.1) is 11.9 Å². The van der Waals surface area contributed by atoms with Crippen molar-refractivity contribution in [1.29, 1.82) is 0 Å². The average molecular weight is 469 g/mol.